The minimum atomic E-state index is -0.949. The van der Waals surface area contributed by atoms with E-state index in [4.69, 9.17) is 5.11 Å². The van der Waals surface area contributed by atoms with Crippen molar-refractivity contribution in [3.8, 4) is 0 Å². The van der Waals surface area contributed by atoms with Gasteiger partial charge < -0.3 is 10.2 Å². The average Bonchev–Trinajstić information content (AvgIpc) is 2.81. The van der Waals surface area contributed by atoms with Crippen LogP contribution >= 0.6 is 0 Å². The van der Waals surface area contributed by atoms with Gasteiger partial charge in [0, 0.05) is 5.57 Å². The number of carboxylic acids is 1. The van der Waals surface area contributed by atoms with Crippen LogP contribution in [0.15, 0.2) is 46.8 Å². The molecule has 3 nitrogen and oxygen atoms in total. The molecule has 0 saturated carbocycles. The maximum Gasteiger partial charge on any atom is 0.331 e. The first-order valence-corrected chi connectivity index (χ1v) is 5.42. The van der Waals surface area contributed by atoms with E-state index in [2.05, 4.69) is 0 Å². The number of aliphatic carboxylic acids is 1. The lowest BCUT2D eigenvalue weighted by Gasteiger charge is -2.24. The average molecular weight is 217 g/mol. The summed E-state index contributed by atoms with van der Waals surface area (Å²) in [6.07, 6.45) is 9.89. The molecule has 2 aliphatic carbocycles. The van der Waals surface area contributed by atoms with E-state index in [1.807, 2.05) is 0 Å². The van der Waals surface area contributed by atoms with E-state index in [0.29, 0.717) is 29.6 Å². The standard InChI is InChI=1S/C13H14O3/c14-12(9-5-1-2-6-9)10-7-3-4-8-11(10)13(15)16/h1-2,5-6,14H,3-4,7-8H2,(H,15,16)/p-1. The van der Waals surface area contributed by atoms with Crippen molar-refractivity contribution in [3.05, 3.63) is 46.8 Å². The molecular formula is C13H13O3-. The molecule has 0 heterocycles. The van der Waals surface area contributed by atoms with Crippen LogP contribution in [0.25, 0.3) is 0 Å². The fourth-order valence-electron chi connectivity index (χ4n) is 2.09. The lowest BCUT2D eigenvalue weighted by molar-refractivity contribution is -0.299. The maximum atomic E-state index is 12.1. The Kier molecular flexibility index (Phi) is 2.95. The molecule has 0 aliphatic heterocycles. The Morgan fingerprint density at radius 2 is 1.69 bits per heavy atom. The topological polar surface area (TPSA) is 60.4 Å². The maximum absolute atomic E-state index is 12.1. The van der Waals surface area contributed by atoms with Gasteiger partial charge in [-0.3, -0.25) is 0 Å². The lowest BCUT2D eigenvalue weighted by atomic mass is 9.89. The van der Waals surface area contributed by atoms with Gasteiger partial charge in [0.2, 0.25) is 0 Å². The van der Waals surface area contributed by atoms with Gasteiger partial charge in [-0.25, -0.2) is 4.79 Å². The summed E-state index contributed by atoms with van der Waals surface area (Å²) in [4.78, 5) is 11.0. The summed E-state index contributed by atoms with van der Waals surface area (Å²) in [5.74, 6) is -1.07. The largest absolute Gasteiger partial charge is 0.872 e. The van der Waals surface area contributed by atoms with Crippen LogP contribution in [0.3, 0.4) is 0 Å². The molecule has 0 fully saturated rings. The molecule has 1 N–H and O–H groups in total. The molecule has 84 valence electrons. The van der Waals surface area contributed by atoms with E-state index < -0.39 is 5.97 Å². The molecule has 16 heavy (non-hydrogen) atoms. The van der Waals surface area contributed by atoms with Crippen LogP contribution in [0, 0.1) is 0 Å². The molecule has 0 bridgehead atoms. The van der Waals surface area contributed by atoms with E-state index in [1.165, 1.54) is 0 Å². The summed E-state index contributed by atoms with van der Waals surface area (Å²) >= 11 is 0. The van der Waals surface area contributed by atoms with E-state index in [1.54, 1.807) is 24.3 Å². The van der Waals surface area contributed by atoms with E-state index in [-0.39, 0.29) is 5.76 Å². The Bertz CT molecular complexity index is 419. The fourth-order valence-corrected chi connectivity index (χ4v) is 2.09. The summed E-state index contributed by atoms with van der Waals surface area (Å²) in [6.45, 7) is 0. The van der Waals surface area contributed by atoms with Gasteiger partial charge in [-0.15, -0.1) is 0 Å². The summed E-state index contributed by atoms with van der Waals surface area (Å²) in [5, 5.41) is 21.1. The van der Waals surface area contributed by atoms with Gasteiger partial charge in [-0.2, -0.15) is 0 Å². The summed E-state index contributed by atoms with van der Waals surface area (Å²) in [6, 6.07) is 0. The minimum Gasteiger partial charge on any atom is -0.872 e. The first kappa shape index (κ1) is 10.7. The zero-order chi connectivity index (χ0) is 11.5. The summed E-state index contributed by atoms with van der Waals surface area (Å²) in [5.41, 5.74) is 1.39. The number of hydrogen-bond acceptors (Lipinski definition) is 2. The Labute approximate surface area is 94.1 Å². The molecule has 0 unspecified atom stereocenters. The molecule has 2 rings (SSSR count). The second-order valence-electron chi connectivity index (χ2n) is 3.97. The first-order chi connectivity index (χ1) is 7.70. The predicted molar refractivity (Wildman–Crippen MR) is 58.4 cm³/mol. The van der Waals surface area contributed by atoms with E-state index >= 15 is 0 Å². The molecule has 0 radical (unpaired) electrons. The van der Waals surface area contributed by atoms with Crippen LogP contribution in [-0.4, -0.2) is 11.1 Å². The summed E-state index contributed by atoms with van der Waals surface area (Å²) in [7, 11) is 0. The molecule has 2 aliphatic rings. The second-order valence-corrected chi connectivity index (χ2v) is 3.97. The first-order valence-electron chi connectivity index (χ1n) is 5.42. The van der Waals surface area contributed by atoms with Crippen LogP contribution in [0.1, 0.15) is 25.7 Å². The highest BCUT2D eigenvalue weighted by molar-refractivity contribution is 5.88. The quantitative estimate of drug-likeness (QED) is 0.716. The van der Waals surface area contributed by atoms with Crippen molar-refractivity contribution < 1.29 is 15.0 Å². The number of rotatable bonds is 2. The highest BCUT2D eigenvalue weighted by Crippen LogP contribution is 2.30. The van der Waals surface area contributed by atoms with Crippen molar-refractivity contribution in [3.63, 3.8) is 0 Å². The molecule has 0 aromatic heterocycles. The molecule has 0 aromatic rings. The second kappa shape index (κ2) is 4.39. The third-order valence-corrected chi connectivity index (χ3v) is 2.92. The van der Waals surface area contributed by atoms with Crippen LogP contribution < -0.4 is 5.11 Å². The van der Waals surface area contributed by atoms with Gasteiger partial charge >= 0.3 is 5.97 Å². The SMILES string of the molecule is O=C(O)C1=C(C([O-])=C2C=CC=C2)CCCC1. The van der Waals surface area contributed by atoms with E-state index in [9.17, 15) is 9.90 Å². The Morgan fingerprint density at radius 3 is 2.25 bits per heavy atom. The van der Waals surface area contributed by atoms with Gasteiger partial charge in [-0.1, -0.05) is 30.1 Å². The number of carboxylic acid groups (broad SMARTS) is 1. The molecule has 0 saturated heterocycles. The van der Waals surface area contributed by atoms with Gasteiger partial charge in [0.15, 0.2) is 0 Å². The van der Waals surface area contributed by atoms with Crippen molar-refractivity contribution >= 4 is 5.97 Å². The van der Waals surface area contributed by atoms with Crippen LogP contribution in [0.2, 0.25) is 0 Å². The molecule has 3 heteroatoms. The predicted octanol–water partition coefficient (Wildman–Crippen LogP) is 1.68. The van der Waals surface area contributed by atoms with Gasteiger partial charge in [0.25, 0.3) is 0 Å². The van der Waals surface area contributed by atoms with Gasteiger partial charge in [-0.05, 0) is 36.8 Å². The minimum absolute atomic E-state index is 0.123. The third kappa shape index (κ3) is 1.94. The zero-order valence-corrected chi connectivity index (χ0v) is 8.90. The van der Waals surface area contributed by atoms with Crippen molar-refractivity contribution in [1.29, 1.82) is 0 Å². The number of allylic oxidation sites excluding steroid dienone is 6. The van der Waals surface area contributed by atoms with Gasteiger partial charge in [0.1, 0.15) is 0 Å². The lowest BCUT2D eigenvalue weighted by Crippen LogP contribution is -2.17. The molecule has 0 atom stereocenters. The monoisotopic (exact) mass is 217 g/mol. The summed E-state index contributed by atoms with van der Waals surface area (Å²) < 4.78 is 0. The molecule has 0 amide bonds. The van der Waals surface area contributed by atoms with Crippen molar-refractivity contribution in [1.82, 2.24) is 0 Å². The molecular weight excluding hydrogens is 204 g/mol. The van der Waals surface area contributed by atoms with Crippen molar-refractivity contribution in [2.24, 2.45) is 0 Å². The van der Waals surface area contributed by atoms with Gasteiger partial charge in [0.05, 0.1) is 0 Å². The van der Waals surface area contributed by atoms with Crippen LogP contribution in [0.4, 0.5) is 0 Å². The zero-order valence-electron chi connectivity index (χ0n) is 8.90. The van der Waals surface area contributed by atoms with Crippen LogP contribution in [0.5, 0.6) is 0 Å². The Hall–Kier alpha value is -1.77. The van der Waals surface area contributed by atoms with Crippen molar-refractivity contribution in [2.75, 3.05) is 0 Å². The fraction of sp³-hybridized carbons (Fsp3) is 0.308. The molecule has 0 spiro atoms. The van der Waals surface area contributed by atoms with Crippen molar-refractivity contribution in [2.45, 2.75) is 25.7 Å². The van der Waals surface area contributed by atoms with E-state index in [0.717, 1.165) is 12.8 Å². The normalized spacial score (nSPS) is 19.4. The Morgan fingerprint density at radius 1 is 1.12 bits per heavy atom. The highest BCUT2D eigenvalue weighted by atomic mass is 16.4. The third-order valence-electron chi connectivity index (χ3n) is 2.92. The highest BCUT2D eigenvalue weighted by Gasteiger charge is 2.18. The number of carbonyl (C=O) groups is 1. The Balaban J connectivity index is 2.44. The molecule has 0 aromatic carbocycles. The van der Waals surface area contributed by atoms with Crippen LogP contribution in [-0.2, 0) is 4.79 Å². The smallest absolute Gasteiger partial charge is 0.331 e. The number of hydrogen-bond donors (Lipinski definition) is 1.